The number of nitrogens with zero attached hydrogens (tertiary/aromatic N) is 2. The molecule has 1 N–H and O–H groups in total. The molecule has 0 spiro atoms. The minimum atomic E-state index is -0.100. The standard InChI is InChI=1S/C19H29N3O3.HI/c1-4-20-19(22-10-8-17(9-11-22)18(23)25-3)21-13-15-6-5-7-16(12-15)14-24-2;/h5-7,12,17H,4,8-11,13-14H2,1-3H3,(H,20,21);1H. The molecule has 0 radical (unpaired) electrons. The van der Waals surface area contributed by atoms with Crippen LogP contribution in [0, 0.1) is 5.92 Å². The molecular weight excluding hydrogens is 445 g/mol. The Morgan fingerprint density at radius 3 is 2.58 bits per heavy atom. The molecule has 0 amide bonds. The molecule has 146 valence electrons. The molecule has 26 heavy (non-hydrogen) atoms. The highest BCUT2D eigenvalue weighted by atomic mass is 127. The van der Waals surface area contributed by atoms with Crippen LogP contribution in [-0.2, 0) is 27.4 Å². The van der Waals surface area contributed by atoms with Crippen molar-refractivity contribution in [1.82, 2.24) is 10.2 Å². The van der Waals surface area contributed by atoms with Crippen molar-refractivity contribution in [2.24, 2.45) is 10.9 Å². The number of likely N-dealkylation sites (tertiary alicyclic amines) is 1. The van der Waals surface area contributed by atoms with Gasteiger partial charge in [-0.05, 0) is 30.9 Å². The fourth-order valence-corrected chi connectivity index (χ4v) is 3.07. The van der Waals surface area contributed by atoms with E-state index in [1.165, 1.54) is 7.11 Å². The maximum atomic E-state index is 11.7. The summed E-state index contributed by atoms with van der Waals surface area (Å²) in [4.78, 5) is 18.7. The van der Waals surface area contributed by atoms with E-state index in [4.69, 9.17) is 14.5 Å². The minimum Gasteiger partial charge on any atom is -0.469 e. The van der Waals surface area contributed by atoms with E-state index >= 15 is 0 Å². The first-order valence-corrected chi connectivity index (χ1v) is 8.85. The van der Waals surface area contributed by atoms with Crippen molar-refractivity contribution < 1.29 is 14.3 Å². The van der Waals surface area contributed by atoms with Crippen LogP contribution in [0.2, 0.25) is 0 Å². The van der Waals surface area contributed by atoms with Crippen molar-refractivity contribution in [3.8, 4) is 0 Å². The minimum absolute atomic E-state index is 0. The fourth-order valence-electron chi connectivity index (χ4n) is 3.07. The Morgan fingerprint density at radius 2 is 1.96 bits per heavy atom. The summed E-state index contributed by atoms with van der Waals surface area (Å²) in [6.45, 7) is 5.75. The predicted molar refractivity (Wildman–Crippen MR) is 114 cm³/mol. The Balaban J connectivity index is 0.00000338. The summed E-state index contributed by atoms with van der Waals surface area (Å²) in [7, 11) is 3.16. The van der Waals surface area contributed by atoms with E-state index in [-0.39, 0.29) is 35.9 Å². The van der Waals surface area contributed by atoms with E-state index in [1.807, 2.05) is 6.07 Å². The lowest BCUT2D eigenvalue weighted by Gasteiger charge is -2.33. The van der Waals surface area contributed by atoms with Gasteiger partial charge in [-0.2, -0.15) is 0 Å². The molecule has 6 nitrogen and oxygen atoms in total. The molecule has 1 aromatic carbocycles. The maximum absolute atomic E-state index is 11.7. The van der Waals surface area contributed by atoms with E-state index in [0.29, 0.717) is 13.2 Å². The van der Waals surface area contributed by atoms with Gasteiger partial charge in [0, 0.05) is 26.7 Å². The van der Waals surface area contributed by atoms with Gasteiger partial charge in [0.25, 0.3) is 0 Å². The van der Waals surface area contributed by atoms with E-state index in [2.05, 4.69) is 35.3 Å². The molecule has 1 aromatic rings. The quantitative estimate of drug-likeness (QED) is 0.297. The van der Waals surface area contributed by atoms with Crippen LogP contribution >= 0.6 is 24.0 Å². The van der Waals surface area contributed by atoms with Gasteiger partial charge in [-0.3, -0.25) is 4.79 Å². The first-order valence-electron chi connectivity index (χ1n) is 8.85. The van der Waals surface area contributed by atoms with Crippen molar-refractivity contribution in [3.05, 3.63) is 35.4 Å². The van der Waals surface area contributed by atoms with E-state index in [1.54, 1.807) is 7.11 Å². The number of methoxy groups -OCH3 is 2. The molecule has 0 bridgehead atoms. The molecule has 1 heterocycles. The summed E-state index contributed by atoms with van der Waals surface area (Å²) in [5.74, 6) is 0.814. The molecule has 1 aliphatic rings. The lowest BCUT2D eigenvalue weighted by molar-refractivity contribution is -0.146. The summed E-state index contributed by atoms with van der Waals surface area (Å²) >= 11 is 0. The molecule has 7 heteroatoms. The van der Waals surface area contributed by atoms with Gasteiger partial charge in [0.2, 0.25) is 0 Å². The third kappa shape index (κ3) is 6.75. The zero-order valence-electron chi connectivity index (χ0n) is 15.9. The highest BCUT2D eigenvalue weighted by molar-refractivity contribution is 14.0. The Morgan fingerprint density at radius 1 is 1.27 bits per heavy atom. The molecule has 1 fully saturated rings. The second-order valence-electron chi connectivity index (χ2n) is 6.21. The number of hydrogen-bond donors (Lipinski definition) is 1. The summed E-state index contributed by atoms with van der Waals surface area (Å²) in [5, 5.41) is 3.36. The third-order valence-electron chi connectivity index (χ3n) is 4.38. The second kappa shape index (κ2) is 12.1. The molecular formula is C19H30IN3O3. The summed E-state index contributed by atoms with van der Waals surface area (Å²) < 4.78 is 10.0. The number of piperidine rings is 1. The van der Waals surface area contributed by atoms with Gasteiger partial charge in [0.05, 0.1) is 26.2 Å². The number of esters is 1. The summed E-state index contributed by atoms with van der Waals surface area (Å²) in [5.41, 5.74) is 2.31. The van der Waals surface area contributed by atoms with Gasteiger partial charge in [-0.1, -0.05) is 24.3 Å². The van der Waals surface area contributed by atoms with Crippen LogP contribution in [0.15, 0.2) is 29.3 Å². The van der Waals surface area contributed by atoms with Crippen molar-refractivity contribution in [2.75, 3.05) is 33.9 Å². The summed E-state index contributed by atoms with van der Waals surface area (Å²) in [6, 6.07) is 8.29. The Bertz CT molecular complexity index is 587. The number of hydrogen-bond acceptors (Lipinski definition) is 4. The van der Waals surface area contributed by atoms with Crippen LogP contribution in [0.1, 0.15) is 30.9 Å². The highest BCUT2D eigenvalue weighted by Crippen LogP contribution is 2.18. The zero-order chi connectivity index (χ0) is 18.1. The average Bonchev–Trinajstić information content (AvgIpc) is 2.65. The fraction of sp³-hybridized carbons (Fsp3) is 0.579. The number of carbonyl (C=O) groups is 1. The van der Waals surface area contributed by atoms with Crippen LogP contribution in [0.25, 0.3) is 0 Å². The van der Waals surface area contributed by atoms with Gasteiger partial charge < -0.3 is 19.7 Å². The van der Waals surface area contributed by atoms with Gasteiger partial charge in [-0.25, -0.2) is 4.99 Å². The van der Waals surface area contributed by atoms with E-state index in [9.17, 15) is 4.79 Å². The number of aliphatic imine (C=N–C) groups is 1. The van der Waals surface area contributed by atoms with Crippen LogP contribution in [0.5, 0.6) is 0 Å². The number of benzene rings is 1. The zero-order valence-corrected chi connectivity index (χ0v) is 18.2. The Labute approximate surface area is 173 Å². The van der Waals surface area contributed by atoms with Crippen LogP contribution in [-0.4, -0.2) is 50.7 Å². The third-order valence-corrected chi connectivity index (χ3v) is 4.38. The number of rotatable bonds is 6. The molecule has 0 aromatic heterocycles. The van der Waals surface area contributed by atoms with Crippen molar-refractivity contribution in [3.63, 3.8) is 0 Å². The first-order chi connectivity index (χ1) is 12.2. The normalized spacial score (nSPS) is 15.3. The van der Waals surface area contributed by atoms with Crippen molar-refractivity contribution in [2.45, 2.75) is 32.9 Å². The second-order valence-corrected chi connectivity index (χ2v) is 6.21. The smallest absolute Gasteiger partial charge is 0.308 e. The number of halogens is 1. The van der Waals surface area contributed by atoms with Gasteiger partial charge >= 0.3 is 5.97 Å². The maximum Gasteiger partial charge on any atom is 0.308 e. The molecule has 1 aliphatic heterocycles. The Kier molecular flexibility index (Phi) is 10.6. The predicted octanol–water partition coefficient (Wildman–Crippen LogP) is 2.80. The van der Waals surface area contributed by atoms with Crippen LogP contribution in [0.4, 0.5) is 0 Å². The molecule has 2 rings (SSSR count). The topological polar surface area (TPSA) is 63.2 Å². The number of nitrogens with one attached hydrogen (secondary N) is 1. The van der Waals surface area contributed by atoms with Crippen molar-refractivity contribution >= 4 is 35.9 Å². The molecule has 0 atom stereocenters. The van der Waals surface area contributed by atoms with E-state index < -0.39 is 0 Å². The summed E-state index contributed by atoms with van der Waals surface area (Å²) in [6.07, 6.45) is 1.61. The van der Waals surface area contributed by atoms with Crippen LogP contribution < -0.4 is 5.32 Å². The number of guanidine groups is 1. The molecule has 0 unspecified atom stereocenters. The Hall–Kier alpha value is -1.35. The van der Waals surface area contributed by atoms with Crippen LogP contribution in [0.3, 0.4) is 0 Å². The molecule has 0 aliphatic carbocycles. The average molecular weight is 475 g/mol. The lowest BCUT2D eigenvalue weighted by atomic mass is 9.97. The SMILES string of the molecule is CCNC(=NCc1cccc(COC)c1)N1CCC(C(=O)OC)CC1.I. The van der Waals surface area contributed by atoms with Crippen molar-refractivity contribution in [1.29, 1.82) is 0 Å². The molecule has 1 saturated heterocycles. The lowest BCUT2D eigenvalue weighted by Crippen LogP contribution is -2.46. The number of carbonyl (C=O) groups excluding carboxylic acids is 1. The largest absolute Gasteiger partial charge is 0.469 e. The van der Waals surface area contributed by atoms with Gasteiger partial charge in [0.1, 0.15) is 0 Å². The van der Waals surface area contributed by atoms with E-state index in [0.717, 1.165) is 49.6 Å². The number of ether oxygens (including phenoxy) is 2. The molecule has 0 saturated carbocycles. The highest BCUT2D eigenvalue weighted by Gasteiger charge is 2.26. The van der Waals surface area contributed by atoms with Gasteiger partial charge in [0.15, 0.2) is 5.96 Å². The van der Waals surface area contributed by atoms with Gasteiger partial charge in [-0.15, -0.1) is 24.0 Å². The first kappa shape index (κ1) is 22.7. The monoisotopic (exact) mass is 475 g/mol.